The second-order valence-corrected chi connectivity index (χ2v) is 6.29. The van der Waals surface area contributed by atoms with E-state index in [1.54, 1.807) is 12.1 Å². The van der Waals surface area contributed by atoms with Crippen molar-refractivity contribution in [1.82, 2.24) is 14.6 Å². The molecule has 3 rings (SSSR count). The number of hydrogen-bond acceptors (Lipinski definition) is 4. The third kappa shape index (κ3) is 2.87. The molecule has 3 aromatic rings. The van der Waals surface area contributed by atoms with Crippen LogP contribution in [0.5, 0.6) is 5.75 Å². The molecular formula is C18H17ClN4O2. The van der Waals surface area contributed by atoms with Crippen molar-refractivity contribution >= 4 is 17.2 Å². The van der Waals surface area contributed by atoms with E-state index in [2.05, 4.69) is 10.1 Å². The molecule has 0 bridgehead atoms. The first kappa shape index (κ1) is 17.1. The van der Waals surface area contributed by atoms with E-state index in [9.17, 15) is 10.1 Å². The number of hydrogen-bond donors (Lipinski definition) is 1. The van der Waals surface area contributed by atoms with E-state index in [1.165, 1.54) is 10.7 Å². The molecule has 0 aliphatic heterocycles. The number of fused-ring (bicyclic) bond motifs is 1. The normalized spacial score (nSPS) is 11.0. The first-order chi connectivity index (χ1) is 12.0. The van der Waals surface area contributed by atoms with Gasteiger partial charge in [0, 0.05) is 11.1 Å². The van der Waals surface area contributed by atoms with Crippen molar-refractivity contribution in [3.8, 4) is 23.1 Å². The minimum Gasteiger partial charge on any atom is -0.492 e. The number of nitriles is 1. The van der Waals surface area contributed by atoms with E-state index in [0.717, 1.165) is 5.56 Å². The molecule has 2 heterocycles. The number of benzene rings is 1. The molecule has 0 atom stereocenters. The second kappa shape index (κ2) is 6.61. The average Bonchev–Trinajstić information content (AvgIpc) is 2.99. The van der Waals surface area contributed by atoms with Crippen LogP contribution in [0, 0.1) is 11.3 Å². The standard InChI is InChI=1S/C18H17ClN4O2/c1-4-25-14-6-5-11(7-13(14)19)16-15(10(2)3)18(24)23-17(22-16)12(8-20)9-21-23/h5-7,9-10,22H,4H2,1-3H3. The summed E-state index contributed by atoms with van der Waals surface area (Å²) in [4.78, 5) is 16.1. The Hall–Kier alpha value is -2.78. The maximum Gasteiger partial charge on any atom is 0.278 e. The number of aromatic amines is 1. The molecule has 0 aliphatic carbocycles. The van der Waals surface area contributed by atoms with Crippen molar-refractivity contribution in [3.63, 3.8) is 0 Å². The number of halogens is 1. The molecule has 0 saturated heterocycles. The van der Waals surface area contributed by atoms with Crippen LogP contribution >= 0.6 is 11.6 Å². The average molecular weight is 357 g/mol. The highest BCUT2D eigenvalue weighted by Crippen LogP contribution is 2.32. The van der Waals surface area contributed by atoms with Gasteiger partial charge in [-0.15, -0.1) is 0 Å². The summed E-state index contributed by atoms with van der Waals surface area (Å²) in [5.41, 5.74) is 2.41. The van der Waals surface area contributed by atoms with Gasteiger partial charge in [-0.2, -0.15) is 14.9 Å². The molecule has 0 saturated carbocycles. The molecule has 0 unspecified atom stereocenters. The Labute approximate surface area is 149 Å². The molecule has 0 spiro atoms. The zero-order valence-corrected chi connectivity index (χ0v) is 14.9. The van der Waals surface area contributed by atoms with Crippen LogP contribution in [0.3, 0.4) is 0 Å². The van der Waals surface area contributed by atoms with Gasteiger partial charge in [0.1, 0.15) is 17.4 Å². The Balaban J connectivity index is 2.31. The summed E-state index contributed by atoms with van der Waals surface area (Å²) in [6.45, 7) is 6.27. The highest BCUT2D eigenvalue weighted by atomic mass is 35.5. The molecule has 2 aromatic heterocycles. The topological polar surface area (TPSA) is 83.2 Å². The van der Waals surface area contributed by atoms with Gasteiger partial charge < -0.3 is 9.72 Å². The van der Waals surface area contributed by atoms with Crippen LogP contribution < -0.4 is 10.3 Å². The van der Waals surface area contributed by atoms with Crippen molar-refractivity contribution in [2.24, 2.45) is 0 Å². The van der Waals surface area contributed by atoms with Gasteiger partial charge in [-0.05, 0) is 31.0 Å². The molecule has 7 heteroatoms. The van der Waals surface area contributed by atoms with Crippen LogP contribution in [0.25, 0.3) is 16.9 Å². The maximum atomic E-state index is 12.9. The summed E-state index contributed by atoms with van der Waals surface area (Å²) in [7, 11) is 0. The Morgan fingerprint density at radius 3 is 2.80 bits per heavy atom. The van der Waals surface area contributed by atoms with Crippen LogP contribution in [0.4, 0.5) is 0 Å². The lowest BCUT2D eigenvalue weighted by atomic mass is 9.98. The predicted octanol–water partition coefficient (Wildman–Crippen LogP) is 3.74. The van der Waals surface area contributed by atoms with E-state index < -0.39 is 0 Å². The van der Waals surface area contributed by atoms with Crippen LogP contribution in [-0.2, 0) is 0 Å². The van der Waals surface area contributed by atoms with Crippen molar-refractivity contribution in [2.75, 3.05) is 6.61 Å². The monoisotopic (exact) mass is 356 g/mol. The number of nitrogens with zero attached hydrogens (tertiary/aromatic N) is 3. The highest BCUT2D eigenvalue weighted by Gasteiger charge is 2.19. The molecule has 1 N–H and O–H groups in total. The molecule has 1 aromatic carbocycles. The molecule has 25 heavy (non-hydrogen) atoms. The van der Waals surface area contributed by atoms with Crippen LogP contribution in [0.1, 0.15) is 37.8 Å². The lowest BCUT2D eigenvalue weighted by Crippen LogP contribution is -2.22. The Bertz CT molecular complexity index is 1040. The van der Waals surface area contributed by atoms with Crippen LogP contribution in [-0.4, -0.2) is 21.2 Å². The van der Waals surface area contributed by atoms with Gasteiger partial charge >= 0.3 is 0 Å². The van der Waals surface area contributed by atoms with E-state index in [0.29, 0.717) is 39.8 Å². The molecule has 0 fully saturated rings. The third-order valence-electron chi connectivity index (χ3n) is 3.92. The minimum absolute atomic E-state index is 0.0387. The second-order valence-electron chi connectivity index (χ2n) is 5.88. The largest absolute Gasteiger partial charge is 0.492 e. The fraction of sp³-hybridized carbons (Fsp3) is 0.278. The molecule has 0 aliphatic rings. The zero-order chi connectivity index (χ0) is 18.1. The van der Waals surface area contributed by atoms with Gasteiger partial charge in [-0.25, -0.2) is 0 Å². The summed E-state index contributed by atoms with van der Waals surface area (Å²) in [6, 6.07) is 7.41. The van der Waals surface area contributed by atoms with Crippen molar-refractivity contribution in [3.05, 3.63) is 50.9 Å². The first-order valence-corrected chi connectivity index (χ1v) is 8.32. The number of aromatic nitrogens is 3. The van der Waals surface area contributed by atoms with E-state index in [4.69, 9.17) is 16.3 Å². The van der Waals surface area contributed by atoms with E-state index in [1.807, 2.05) is 32.9 Å². The van der Waals surface area contributed by atoms with Gasteiger partial charge in [0.05, 0.1) is 23.5 Å². The summed E-state index contributed by atoms with van der Waals surface area (Å²) in [5, 5.41) is 13.7. The lowest BCUT2D eigenvalue weighted by molar-refractivity contribution is 0.340. The van der Waals surface area contributed by atoms with Gasteiger partial charge in [0.2, 0.25) is 0 Å². The van der Waals surface area contributed by atoms with E-state index in [-0.39, 0.29) is 11.5 Å². The smallest absolute Gasteiger partial charge is 0.278 e. The first-order valence-electron chi connectivity index (χ1n) is 7.94. The van der Waals surface area contributed by atoms with Crippen LogP contribution in [0.2, 0.25) is 5.02 Å². The van der Waals surface area contributed by atoms with Gasteiger partial charge in [0.25, 0.3) is 5.56 Å². The Morgan fingerprint density at radius 1 is 1.44 bits per heavy atom. The molecule has 6 nitrogen and oxygen atoms in total. The molecule has 0 radical (unpaired) electrons. The van der Waals surface area contributed by atoms with Crippen molar-refractivity contribution in [1.29, 1.82) is 5.26 Å². The summed E-state index contributed by atoms with van der Waals surface area (Å²) in [5.74, 6) is 0.549. The summed E-state index contributed by atoms with van der Waals surface area (Å²) < 4.78 is 6.69. The maximum absolute atomic E-state index is 12.9. The fourth-order valence-corrected chi connectivity index (χ4v) is 3.04. The number of H-pyrrole nitrogens is 1. The minimum atomic E-state index is -0.245. The predicted molar refractivity (Wildman–Crippen MR) is 96.2 cm³/mol. The van der Waals surface area contributed by atoms with Crippen LogP contribution in [0.15, 0.2) is 29.2 Å². The molecule has 0 amide bonds. The highest BCUT2D eigenvalue weighted by molar-refractivity contribution is 6.32. The van der Waals surface area contributed by atoms with Gasteiger partial charge in [-0.3, -0.25) is 4.79 Å². The number of ether oxygens (including phenoxy) is 1. The lowest BCUT2D eigenvalue weighted by Gasteiger charge is -2.14. The Kier molecular flexibility index (Phi) is 4.51. The quantitative estimate of drug-likeness (QED) is 0.771. The van der Waals surface area contributed by atoms with Gasteiger partial charge in [-0.1, -0.05) is 25.4 Å². The Morgan fingerprint density at radius 2 is 2.20 bits per heavy atom. The number of rotatable bonds is 4. The summed E-state index contributed by atoms with van der Waals surface area (Å²) >= 11 is 6.30. The third-order valence-corrected chi connectivity index (χ3v) is 4.22. The van der Waals surface area contributed by atoms with E-state index >= 15 is 0 Å². The fourth-order valence-electron chi connectivity index (χ4n) is 2.80. The van der Waals surface area contributed by atoms with Crippen molar-refractivity contribution in [2.45, 2.75) is 26.7 Å². The zero-order valence-electron chi connectivity index (χ0n) is 14.1. The van der Waals surface area contributed by atoms with Gasteiger partial charge in [0.15, 0.2) is 5.65 Å². The number of nitrogens with one attached hydrogen (secondary N) is 1. The molecular weight excluding hydrogens is 340 g/mol. The molecule has 128 valence electrons. The van der Waals surface area contributed by atoms with Crippen molar-refractivity contribution < 1.29 is 4.74 Å². The SMILES string of the molecule is CCOc1ccc(-c2[nH]c3c(C#N)cnn3c(=O)c2C(C)C)cc1Cl. The summed E-state index contributed by atoms with van der Waals surface area (Å²) in [6.07, 6.45) is 1.38.